The molecule has 1 amide bonds. The molecule has 2 bridgehead atoms. The smallest absolute Gasteiger partial charge is 0.264 e. The van der Waals surface area contributed by atoms with Gasteiger partial charge in [-0.15, -0.1) is 0 Å². The van der Waals surface area contributed by atoms with Crippen molar-refractivity contribution in [2.75, 3.05) is 35.1 Å². The monoisotopic (exact) mass is 483 g/mol. The van der Waals surface area contributed by atoms with Crippen LogP contribution in [-0.2, 0) is 14.8 Å². The highest BCUT2D eigenvalue weighted by molar-refractivity contribution is 7.92. The zero-order valence-electron chi connectivity index (χ0n) is 19.6. The molecule has 2 N–H and O–H groups in total. The molecule has 182 valence electrons. The lowest BCUT2D eigenvalue weighted by Gasteiger charge is -2.23. The van der Waals surface area contributed by atoms with Crippen LogP contribution >= 0.6 is 0 Å². The minimum Gasteiger partial charge on any atom is -0.497 e. The SMILES string of the molecule is COc1ccc(NS(=O)(=O)c2cc(NC(=O)C[C@@H]3C[C@H]4CC[C@H]3C4)ccc2N2CCCC2)cc1. The first-order valence-electron chi connectivity index (χ1n) is 12.3. The second kappa shape index (κ2) is 9.49. The van der Waals surface area contributed by atoms with Crippen molar-refractivity contribution in [1.82, 2.24) is 0 Å². The van der Waals surface area contributed by atoms with Crippen LogP contribution in [-0.4, -0.2) is 34.5 Å². The fourth-order valence-corrected chi connectivity index (χ4v) is 7.28. The number of anilines is 3. The van der Waals surface area contributed by atoms with Gasteiger partial charge in [-0.05, 0) is 92.3 Å². The van der Waals surface area contributed by atoms with Crippen LogP contribution in [0.25, 0.3) is 0 Å². The number of hydrogen-bond donors (Lipinski definition) is 2. The van der Waals surface area contributed by atoms with Gasteiger partial charge in [0.05, 0.1) is 12.8 Å². The minimum atomic E-state index is -3.87. The summed E-state index contributed by atoms with van der Waals surface area (Å²) in [5.74, 6) is 2.56. The molecule has 1 heterocycles. The molecule has 5 rings (SSSR count). The van der Waals surface area contributed by atoms with Gasteiger partial charge in [-0.3, -0.25) is 9.52 Å². The van der Waals surface area contributed by atoms with Crippen molar-refractivity contribution in [3.63, 3.8) is 0 Å². The van der Waals surface area contributed by atoms with E-state index in [-0.39, 0.29) is 10.8 Å². The summed E-state index contributed by atoms with van der Waals surface area (Å²) in [6.07, 6.45) is 7.55. The second-order valence-corrected chi connectivity index (χ2v) is 11.5. The lowest BCUT2D eigenvalue weighted by molar-refractivity contribution is -0.117. The Bertz CT molecular complexity index is 1140. The third-order valence-electron chi connectivity index (χ3n) is 7.65. The molecule has 1 aliphatic heterocycles. The Morgan fingerprint density at radius 1 is 1.03 bits per heavy atom. The van der Waals surface area contributed by atoms with E-state index in [2.05, 4.69) is 14.9 Å². The molecule has 2 saturated carbocycles. The van der Waals surface area contributed by atoms with Gasteiger partial charge in [0, 0.05) is 30.9 Å². The Morgan fingerprint density at radius 2 is 1.76 bits per heavy atom. The van der Waals surface area contributed by atoms with Crippen molar-refractivity contribution in [2.45, 2.75) is 49.8 Å². The number of rotatable bonds is 8. The fourth-order valence-electron chi connectivity index (χ4n) is 5.97. The maximum atomic E-state index is 13.5. The molecule has 7 nitrogen and oxygen atoms in total. The first-order chi connectivity index (χ1) is 16.4. The number of nitrogens with one attached hydrogen (secondary N) is 2. The van der Waals surface area contributed by atoms with Crippen LogP contribution in [0.3, 0.4) is 0 Å². The van der Waals surface area contributed by atoms with Crippen molar-refractivity contribution in [3.8, 4) is 5.75 Å². The molecule has 1 saturated heterocycles. The zero-order valence-corrected chi connectivity index (χ0v) is 20.4. The van der Waals surface area contributed by atoms with Gasteiger partial charge in [0.15, 0.2) is 0 Å². The molecule has 3 aliphatic rings. The Labute approximate surface area is 201 Å². The molecule has 2 aliphatic carbocycles. The number of nitrogens with zero attached hydrogens (tertiary/aromatic N) is 1. The maximum Gasteiger partial charge on any atom is 0.264 e. The van der Waals surface area contributed by atoms with E-state index in [1.165, 1.54) is 19.3 Å². The number of amides is 1. The van der Waals surface area contributed by atoms with E-state index in [1.807, 2.05) is 12.1 Å². The number of ether oxygens (including phenoxy) is 1. The van der Waals surface area contributed by atoms with E-state index in [9.17, 15) is 13.2 Å². The molecular weight excluding hydrogens is 450 g/mol. The van der Waals surface area contributed by atoms with Gasteiger partial charge in [-0.25, -0.2) is 8.42 Å². The van der Waals surface area contributed by atoms with E-state index >= 15 is 0 Å². The van der Waals surface area contributed by atoms with Crippen molar-refractivity contribution >= 4 is 33.0 Å². The topological polar surface area (TPSA) is 87.7 Å². The molecule has 34 heavy (non-hydrogen) atoms. The van der Waals surface area contributed by atoms with Crippen molar-refractivity contribution in [1.29, 1.82) is 0 Å². The minimum absolute atomic E-state index is 0.0297. The summed E-state index contributed by atoms with van der Waals surface area (Å²) < 4.78 is 34.8. The Hall–Kier alpha value is -2.74. The molecule has 2 aromatic rings. The Morgan fingerprint density at radius 3 is 2.41 bits per heavy atom. The third kappa shape index (κ3) is 4.87. The fraction of sp³-hybridized carbons (Fsp3) is 0.500. The average Bonchev–Trinajstić information content (AvgIpc) is 3.58. The lowest BCUT2D eigenvalue weighted by atomic mass is 9.86. The quantitative estimate of drug-likeness (QED) is 0.560. The highest BCUT2D eigenvalue weighted by Crippen LogP contribution is 2.49. The number of benzene rings is 2. The molecule has 8 heteroatoms. The van der Waals surface area contributed by atoms with E-state index < -0.39 is 10.0 Å². The van der Waals surface area contributed by atoms with Gasteiger partial charge in [0.25, 0.3) is 10.0 Å². The van der Waals surface area contributed by atoms with Crippen LogP contribution in [0.4, 0.5) is 17.1 Å². The maximum absolute atomic E-state index is 13.5. The highest BCUT2D eigenvalue weighted by Gasteiger charge is 2.40. The Kier molecular flexibility index (Phi) is 6.42. The molecule has 0 unspecified atom stereocenters. The number of fused-ring (bicyclic) bond motifs is 2. The number of methoxy groups -OCH3 is 1. The second-order valence-electron chi connectivity index (χ2n) is 9.90. The molecule has 3 fully saturated rings. The summed E-state index contributed by atoms with van der Waals surface area (Å²) in [6.45, 7) is 1.64. The van der Waals surface area contributed by atoms with Crippen LogP contribution in [0.1, 0.15) is 44.9 Å². The standard InChI is InChI=1S/C26H33N3O4S/c1-33-23-9-6-21(7-10-23)28-34(31,32)25-17-22(8-11-24(25)29-12-2-3-13-29)27-26(30)16-20-15-18-4-5-19(20)14-18/h6-11,17-20,28H,2-5,12-16H2,1H3,(H,27,30)/t18-,19-,20-/m0/s1. The number of sulfonamides is 1. The van der Waals surface area contributed by atoms with Crippen LogP contribution in [0.5, 0.6) is 5.75 Å². The Balaban J connectivity index is 1.37. The van der Waals surface area contributed by atoms with Crippen LogP contribution in [0, 0.1) is 17.8 Å². The first kappa shape index (κ1) is 23.0. The molecule has 2 aromatic carbocycles. The van der Waals surface area contributed by atoms with Gasteiger partial charge in [0.2, 0.25) is 5.91 Å². The first-order valence-corrected chi connectivity index (χ1v) is 13.8. The molecule has 3 atom stereocenters. The largest absolute Gasteiger partial charge is 0.497 e. The van der Waals surface area contributed by atoms with Gasteiger partial charge in [-0.2, -0.15) is 0 Å². The summed E-state index contributed by atoms with van der Waals surface area (Å²) in [5, 5.41) is 2.97. The summed E-state index contributed by atoms with van der Waals surface area (Å²) in [5.41, 5.74) is 1.65. The predicted octanol–water partition coefficient (Wildman–Crippen LogP) is 4.86. The van der Waals surface area contributed by atoms with E-state index in [1.54, 1.807) is 37.4 Å². The van der Waals surface area contributed by atoms with E-state index in [4.69, 9.17) is 4.74 Å². The normalized spacial score (nSPS) is 23.8. The van der Waals surface area contributed by atoms with Crippen molar-refractivity contribution in [2.24, 2.45) is 17.8 Å². The molecule has 0 aromatic heterocycles. The van der Waals surface area contributed by atoms with Crippen molar-refractivity contribution < 1.29 is 17.9 Å². The van der Waals surface area contributed by atoms with Gasteiger partial charge < -0.3 is 15.0 Å². The summed E-state index contributed by atoms with van der Waals surface area (Å²) >= 11 is 0. The average molecular weight is 484 g/mol. The zero-order chi connectivity index (χ0) is 23.7. The molecule has 0 radical (unpaired) electrons. The van der Waals surface area contributed by atoms with Crippen molar-refractivity contribution in [3.05, 3.63) is 42.5 Å². The number of hydrogen-bond acceptors (Lipinski definition) is 5. The van der Waals surface area contributed by atoms with Gasteiger partial charge in [0.1, 0.15) is 10.6 Å². The summed E-state index contributed by atoms with van der Waals surface area (Å²) in [6, 6.07) is 12.0. The number of carbonyl (C=O) groups is 1. The molecular formula is C26H33N3O4S. The van der Waals surface area contributed by atoms with Crippen LogP contribution in [0.2, 0.25) is 0 Å². The van der Waals surface area contributed by atoms with E-state index in [0.29, 0.717) is 41.1 Å². The predicted molar refractivity (Wildman–Crippen MR) is 134 cm³/mol. The van der Waals surface area contributed by atoms with Crippen LogP contribution < -0.4 is 19.7 Å². The van der Waals surface area contributed by atoms with Gasteiger partial charge in [-0.1, -0.05) is 6.42 Å². The summed E-state index contributed by atoms with van der Waals surface area (Å²) in [4.78, 5) is 15.1. The third-order valence-corrected chi connectivity index (χ3v) is 9.06. The van der Waals surface area contributed by atoms with Crippen LogP contribution in [0.15, 0.2) is 47.4 Å². The van der Waals surface area contributed by atoms with E-state index in [0.717, 1.165) is 38.3 Å². The van der Waals surface area contributed by atoms with Gasteiger partial charge >= 0.3 is 0 Å². The lowest BCUT2D eigenvalue weighted by Crippen LogP contribution is -2.24. The molecule has 0 spiro atoms. The number of carbonyl (C=O) groups excluding carboxylic acids is 1. The highest BCUT2D eigenvalue weighted by atomic mass is 32.2. The summed E-state index contributed by atoms with van der Waals surface area (Å²) in [7, 11) is -2.30.